The molecule has 4 nitrogen and oxygen atoms in total. The highest BCUT2D eigenvalue weighted by Crippen LogP contribution is 2.28. The lowest BCUT2D eigenvalue weighted by atomic mass is 9.91. The summed E-state index contributed by atoms with van der Waals surface area (Å²) < 4.78 is 28.1. The standard InChI is InChI=1S/C17H23NO3S3/c1-4-12(2)16(18-24(20,21)15-6-5-11-23-15)17(19)13-7-9-14(22-3)10-8-13/h5-12,16-19H,4H2,1-3H3/t12-,16-,17?/m0/s1. The molecule has 0 spiro atoms. The van der Waals surface area contributed by atoms with E-state index in [9.17, 15) is 13.5 Å². The van der Waals surface area contributed by atoms with Gasteiger partial charge in [-0.1, -0.05) is 38.5 Å². The van der Waals surface area contributed by atoms with Crippen LogP contribution in [-0.2, 0) is 10.0 Å². The van der Waals surface area contributed by atoms with E-state index in [0.717, 1.165) is 11.3 Å². The van der Waals surface area contributed by atoms with E-state index in [4.69, 9.17) is 0 Å². The second kappa shape index (κ2) is 8.49. The number of hydrogen-bond acceptors (Lipinski definition) is 5. The molecule has 1 aromatic carbocycles. The summed E-state index contributed by atoms with van der Waals surface area (Å²) in [6, 6.07) is 10.3. The number of nitrogens with one attached hydrogen (secondary N) is 1. The molecule has 1 unspecified atom stereocenters. The second-order valence-corrected chi connectivity index (χ2v) is 9.45. The molecule has 132 valence electrons. The van der Waals surface area contributed by atoms with Crippen LogP contribution in [-0.4, -0.2) is 25.8 Å². The maximum Gasteiger partial charge on any atom is 0.250 e. The van der Waals surface area contributed by atoms with Gasteiger partial charge in [-0.2, -0.15) is 0 Å². The summed E-state index contributed by atoms with van der Waals surface area (Å²) >= 11 is 2.79. The van der Waals surface area contributed by atoms with Gasteiger partial charge in [-0.3, -0.25) is 0 Å². The van der Waals surface area contributed by atoms with Crippen LogP contribution in [0.5, 0.6) is 0 Å². The van der Waals surface area contributed by atoms with E-state index < -0.39 is 22.2 Å². The first-order valence-electron chi connectivity index (χ1n) is 7.77. The van der Waals surface area contributed by atoms with Crippen molar-refractivity contribution in [2.75, 3.05) is 6.26 Å². The molecule has 0 saturated carbocycles. The Morgan fingerprint density at radius 3 is 2.42 bits per heavy atom. The third-order valence-corrected chi connectivity index (χ3v) is 7.71. The predicted molar refractivity (Wildman–Crippen MR) is 101 cm³/mol. The fraction of sp³-hybridized carbons (Fsp3) is 0.412. The van der Waals surface area contributed by atoms with Gasteiger partial charge in [0.05, 0.1) is 12.1 Å². The van der Waals surface area contributed by atoms with Crippen LogP contribution in [0.1, 0.15) is 31.9 Å². The molecule has 3 atom stereocenters. The minimum atomic E-state index is -3.63. The summed E-state index contributed by atoms with van der Waals surface area (Å²) in [5, 5.41) is 12.5. The van der Waals surface area contributed by atoms with Gasteiger partial charge in [-0.25, -0.2) is 13.1 Å². The first kappa shape index (κ1) is 19.5. The number of thiophene rings is 1. The summed E-state index contributed by atoms with van der Waals surface area (Å²) in [6.45, 7) is 3.93. The summed E-state index contributed by atoms with van der Waals surface area (Å²) in [5.41, 5.74) is 0.715. The number of aliphatic hydroxyl groups excluding tert-OH is 1. The van der Waals surface area contributed by atoms with Crippen molar-refractivity contribution in [3.63, 3.8) is 0 Å². The van der Waals surface area contributed by atoms with Crippen molar-refractivity contribution in [2.24, 2.45) is 5.92 Å². The largest absolute Gasteiger partial charge is 0.387 e. The molecule has 0 radical (unpaired) electrons. The molecule has 2 N–H and O–H groups in total. The quantitative estimate of drug-likeness (QED) is 0.677. The van der Waals surface area contributed by atoms with Crippen LogP contribution in [0.4, 0.5) is 0 Å². The van der Waals surface area contributed by atoms with Gasteiger partial charge < -0.3 is 5.11 Å². The molecule has 1 aromatic heterocycles. The third-order valence-electron chi connectivity index (χ3n) is 4.11. The molecule has 0 aliphatic heterocycles. The Balaban J connectivity index is 2.27. The smallest absolute Gasteiger partial charge is 0.250 e. The van der Waals surface area contributed by atoms with E-state index in [1.165, 1.54) is 11.3 Å². The zero-order chi connectivity index (χ0) is 17.7. The molecule has 0 fully saturated rings. The van der Waals surface area contributed by atoms with Crippen molar-refractivity contribution in [1.29, 1.82) is 0 Å². The second-order valence-electron chi connectivity index (χ2n) is 5.68. The first-order chi connectivity index (χ1) is 11.4. The van der Waals surface area contributed by atoms with E-state index in [1.54, 1.807) is 29.3 Å². The number of rotatable bonds is 8. The van der Waals surface area contributed by atoms with E-state index in [-0.39, 0.29) is 10.1 Å². The van der Waals surface area contributed by atoms with Crippen LogP contribution in [0.15, 0.2) is 50.9 Å². The minimum absolute atomic E-state index is 0.00466. The summed E-state index contributed by atoms with van der Waals surface area (Å²) in [6.07, 6.45) is 1.85. The molecule has 1 heterocycles. The normalized spacial score (nSPS) is 15.8. The minimum Gasteiger partial charge on any atom is -0.387 e. The summed E-state index contributed by atoms with van der Waals surface area (Å²) in [7, 11) is -3.63. The Morgan fingerprint density at radius 2 is 1.92 bits per heavy atom. The van der Waals surface area contributed by atoms with Gasteiger partial charge in [0.25, 0.3) is 0 Å². The molecule has 2 aromatic rings. The highest BCUT2D eigenvalue weighted by molar-refractivity contribution is 7.98. The van der Waals surface area contributed by atoms with Crippen molar-refractivity contribution in [3.05, 3.63) is 47.3 Å². The van der Waals surface area contributed by atoms with Crippen LogP contribution in [0.25, 0.3) is 0 Å². The number of aliphatic hydroxyl groups is 1. The van der Waals surface area contributed by atoms with Gasteiger partial charge in [0, 0.05) is 4.90 Å². The molecule has 0 amide bonds. The number of sulfonamides is 1. The fourth-order valence-electron chi connectivity index (χ4n) is 2.41. The Kier molecular flexibility index (Phi) is 6.88. The molecule has 0 bridgehead atoms. The zero-order valence-electron chi connectivity index (χ0n) is 14.0. The maximum absolute atomic E-state index is 12.5. The molecule has 0 saturated heterocycles. The highest BCUT2D eigenvalue weighted by atomic mass is 32.2. The lowest BCUT2D eigenvalue weighted by Gasteiger charge is -2.29. The van der Waals surface area contributed by atoms with Gasteiger partial charge in [0.15, 0.2) is 0 Å². The Hall–Kier alpha value is -0.860. The van der Waals surface area contributed by atoms with Crippen molar-refractivity contribution >= 4 is 33.1 Å². The number of benzene rings is 1. The third kappa shape index (κ3) is 4.61. The topological polar surface area (TPSA) is 66.4 Å². The fourth-order valence-corrected chi connectivity index (χ4v) is 5.18. The average Bonchev–Trinajstić information content (AvgIpc) is 3.14. The first-order valence-corrected chi connectivity index (χ1v) is 11.4. The van der Waals surface area contributed by atoms with Crippen molar-refractivity contribution < 1.29 is 13.5 Å². The molecular weight excluding hydrogens is 362 g/mol. The van der Waals surface area contributed by atoms with E-state index in [0.29, 0.717) is 5.56 Å². The zero-order valence-corrected chi connectivity index (χ0v) is 16.4. The lowest BCUT2D eigenvalue weighted by molar-refractivity contribution is 0.112. The van der Waals surface area contributed by atoms with E-state index >= 15 is 0 Å². The van der Waals surface area contributed by atoms with E-state index in [1.807, 2.05) is 44.4 Å². The van der Waals surface area contributed by atoms with Crippen LogP contribution in [0.2, 0.25) is 0 Å². The van der Waals surface area contributed by atoms with Crippen LogP contribution >= 0.6 is 23.1 Å². The number of thioether (sulfide) groups is 1. The summed E-state index contributed by atoms with van der Waals surface area (Å²) in [5.74, 6) is -0.00466. The Labute approximate surface area is 152 Å². The Bertz CT molecular complexity index is 727. The average molecular weight is 386 g/mol. The van der Waals surface area contributed by atoms with E-state index in [2.05, 4.69) is 4.72 Å². The van der Waals surface area contributed by atoms with Crippen LogP contribution in [0, 0.1) is 5.92 Å². The van der Waals surface area contributed by atoms with Crippen LogP contribution < -0.4 is 4.72 Å². The lowest BCUT2D eigenvalue weighted by Crippen LogP contribution is -2.43. The molecule has 24 heavy (non-hydrogen) atoms. The molecular formula is C17H23NO3S3. The van der Waals surface area contributed by atoms with Gasteiger partial charge in [-0.05, 0) is 41.3 Å². The maximum atomic E-state index is 12.5. The Morgan fingerprint density at radius 1 is 1.25 bits per heavy atom. The highest BCUT2D eigenvalue weighted by Gasteiger charge is 2.31. The predicted octanol–water partition coefficient (Wildman–Crippen LogP) is 3.90. The SMILES string of the molecule is CC[C@H](C)[C@H](NS(=O)(=O)c1cccs1)C(O)c1ccc(SC)cc1. The van der Waals surface area contributed by atoms with Gasteiger partial charge >= 0.3 is 0 Å². The molecule has 0 aliphatic carbocycles. The number of hydrogen-bond donors (Lipinski definition) is 2. The monoisotopic (exact) mass is 385 g/mol. The van der Waals surface area contributed by atoms with Crippen molar-refractivity contribution in [3.8, 4) is 0 Å². The molecule has 0 aliphatic rings. The van der Waals surface area contributed by atoms with Crippen molar-refractivity contribution in [1.82, 2.24) is 4.72 Å². The molecule has 7 heteroatoms. The summed E-state index contributed by atoms with van der Waals surface area (Å²) in [4.78, 5) is 1.10. The van der Waals surface area contributed by atoms with Crippen molar-refractivity contribution in [2.45, 2.75) is 41.5 Å². The molecule has 2 rings (SSSR count). The van der Waals surface area contributed by atoms with Crippen LogP contribution in [0.3, 0.4) is 0 Å². The van der Waals surface area contributed by atoms with Gasteiger partial charge in [0.1, 0.15) is 4.21 Å². The van der Waals surface area contributed by atoms with Gasteiger partial charge in [0.2, 0.25) is 10.0 Å². The van der Waals surface area contributed by atoms with Gasteiger partial charge in [-0.15, -0.1) is 23.1 Å².